The summed E-state index contributed by atoms with van der Waals surface area (Å²) in [7, 11) is 1.69. The van der Waals surface area contributed by atoms with Crippen molar-refractivity contribution in [3.63, 3.8) is 0 Å². The molecule has 20 heavy (non-hydrogen) atoms. The lowest BCUT2D eigenvalue weighted by Gasteiger charge is -2.10. The Morgan fingerprint density at radius 3 is 2.80 bits per heavy atom. The van der Waals surface area contributed by atoms with Gasteiger partial charge in [0.2, 0.25) is 0 Å². The summed E-state index contributed by atoms with van der Waals surface area (Å²) in [5, 5.41) is 0. The first-order chi connectivity index (χ1) is 9.65. The zero-order valence-electron chi connectivity index (χ0n) is 12.5. The average molecular weight is 295 g/mol. The van der Waals surface area contributed by atoms with Gasteiger partial charge in [-0.25, -0.2) is 4.98 Å². The van der Waals surface area contributed by atoms with Gasteiger partial charge >= 0.3 is 0 Å². The zero-order chi connectivity index (χ0) is 14.5. The molecule has 2 rings (SSSR count). The second-order valence-electron chi connectivity index (χ2n) is 5.51. The molecule has 0 saturated heterocycles. The number of rotatable bonds is 7. The first-order valence-corrected chi connectivity index (χ1v) is 7.78. The van der Waals surface area contributed by atoms with Crippen LogP contribution in [0.25, 0.3) is 11.0 Å². The molecule has 2 aromatic rings. The third-order valence-electron chi connectivity index (χ3n) is 3.52. The maximum atomic E-state index is 5.90. The summed E-state index contributed by atoms with van der Waals surface area (Å²) in [5.74, 6) is 3.28. The molecular formula is C16H23ClN2O. The van der Waals surface area contributed by atoms with Gasteiger partial charge in [-0.15, -0.1) is 11.6 Å². The van der Waals surface area contributed by atoms with Crippen molar-refractivity contribution in [2.45, 2.75) is 39.7 Å². The van der Waals surface area contributed by atoms with Gasteiger partial charge < -0.3 is 9.30 Å². The molecule has 1 aromatic heterocycles. The van der Waals surface area contributed by atoms with E-state index in [2.05, 4.69) is 24.5 Å². The molecule has 3 nitrogen and oxygen atoms in total. The van der Waals surface area contributed by atoms with E-state index in [4.69, 9.17) is 21.3 Å². The Labute approximate surface area is 125 Å². The van der Waals surface area contributed by atoms with Crippen molar-refractivity contribution in [3.05, 3.63) is 24.0 Å². The highest BCUT2D eigenvalue weighted by Gasteiger charge is 2.11. The maximum Gasteiger partial charge on any atom is 0.121 e. The largest absolute Gasteiger partial charge is 0.497 e. The number of imidazole rings is 1. The summed E-state index contributed by atoms with van der Waals surface area (Å²) >= 11 is 5.90. The molecule has 0 radical (unpaired) electrons. The molecule has 1 heterocycles. The Hall–Kier alpha value is -1.22. The third-order valence-corrected chi connectivity index (χ3v) is 3.70. The molecule has 0 unspecified atom stereocenters. The number of fused-ring (bicyclic) bond motifs is 1. The molecule has 0 N–H and O–H groups in total. The Kier molecular flexibility index (Phi) is 5.30. The molecular weight excluding hydrogens is 272 g/mol. The molecule has 110 valence electrons. The highest BCUT2D eigenvalue weighted by atomic mass is 35.5. The highest BCUT2D eigenvalue weighted by molar-refractivity contribution is 6.17. The van der Waals surface area contributed by atoms with E-state index in [1.165, 1.54) is 6.42 Å². The third kappa shape index (κ3) is 3.45. The Balaban J connectivity index is 2.32. The van der Waals surface area contributed by atoms with Gasteiger partial charge in [0.1, 0.15) is 11.6 Å². The molecule has 0 saturated carbocycles. The highest BCUT2D eigenvalue weighted by Crippen LogP contribution is 2.23. The lowest BCUT2D eigenvalue weighted by atomic mass is 10.1. The molecule has 0 aliphatic carbocycles. The topological polar surface area (TPSA) is 27.1 Å². The van der Waals surface area contributed by atoms with E-state index in [-0.39, 0.29) is 0 Å². The lowest BCUT2D eigenvalue weighted by molar-refractivity contribution is 0.415. The molecule has 1 aromatic carbocycles. The Bertz CT molecular complexity index is 563. The van der Waals surface area contributed by atoms with Crippen molar-refractivity contribution in [1.29, 1.82) is 0 Å². The number of aromatic nitrogens is 2. The first-order valence-electron chi connectivity index (χ1n) is 7.24. The van der Waals surface area contributed by atoms with Crippen LogP contribution >= 0.6 is 11.6 Å². The van der Waals surface area contributed by atoms with Gasteiger partial charge in [0, 0.05) is 24.9 Å². The summed E-state index contributed by atoms with van der Waals surface area (Å²) in [6.07, 6.45) is 3.19. The van der Waals surface area contributed by atoms with E-state index in [9.17, 15) is 0 Å². The van der Waals surface area contributed by atoms with Gasteiger partial charge in [-0.1, -0.05) is 13.8 Å². The lowest BCUT2D eigenvalue weighted by Crippen LogP contribution is -2.06. The van der Waals surface area contributed by atoms with Crippen LogP contribution in [0.1, 0.15) is 32.5 Å². The maximum absolute atomic E-state index is 5.90. The second-order valence-corrected chi connectivity index (χ2v) is 5.89. The number of halogens is 1. The fourth-order valence-corrected chi connectivity index (χ4v) is 2.63. The SMILES string of the molecule is COc1ccc2nc(CCCl)n(CCCC(C)C)c2c1. The summed E-state index contributed by atoms with van der Waals surface area (Å²) in [4.78, 5) is 4.70. The minimum Gasteiger partial charge on any atom is -0.497 e. The van der Waals surface area contributed by atoms with Crippen LogP contribution in [-0.2, 0) is 13.0 Å². The molecule has 0 aliphatic heterocycles. The number of aryl methyl sites for hydroxylation is 2. The minimum absolute atomic E-state index is 0.602. The van der Waals surface area contributed by atoms with Gasteiger partial charge in [0.25, 0.3) is 0 Å². The number of alkyl halides is 1. The van der Waals surface area contributed by atoms with E-state index in [1.807, 2.05) is 12.1 Å². The standard InChI is InChI=1S/C16H23ClN2O/c1-12(2)5-4-10-19-15-11-13(20-3)6-7-14(15)18-16(19)8-9-17/h6-7,11-12H,4-5,8-10H2,1-3H3. The quantitative estimate of drug-likeness (QED) is 0.713. The molecule has 0 atom stereocenters. The molecule has 0 spiro atoms. The number of hydrogen-bond donors (Lipinski definition) is 0. The molecule has 0 aliphatic rings. The van der Waals surface area contributed by atoms with Crippen LogP contribution < -0.4 is 4.74 Å². The van der Waals surface area contributed by atoms with Gasteiger partial charge in [0.05, 0.1) is 18.1 Å². The predicted octanol–water partition coefficient (Wildman–Crippen LogP) is 4.26. The van der Waals surface area contributed by atoms with E-state index >= 15 is 0 Å². The number of methoxy groups -OCH3 is 1. The molecule has 0 bridgehead atoms. The number of ether oxygens (including phenoxy) is 1. The van der Waals surface area contributed by atoms with Crippen molar-refractivity contribution in [2.24, 2.45) is 5.92 Å². The van der Waals surface area contributed by atoms with Crippen LogP contribution in [0.4, 0.5) is 0 Å². The van der Waals surface area contributed by atoms with Crippen LogP contribution in [0.2, 0.25) is 0 Å². The fourth-order valence-electron chi connectivity index (χ4n) is 2.46. The van der Waals surface area contributed by atoms with Crippen molar-refractivity contribution >= 4 is 22.6 Å². The van der Waals surface area contributed by atoms with E-state index in [0.29, 0.717) is 5.88 Å². The Morgan fingerprint density at radius 1 is 1.35 bits per heavy atom. The number of nitrogens with zero attached hydrogens (tertiary/aromatic N) is 2. The molecule has 0 fully saturated rings. The van der Waals surface area contributed by atoms with Crippen LogP contribution in [0.3, 0.4) is 0 Å². The monoisotopic (exact) mass is 294 g/mol. The van der Waals surface area contributed by atoms with Crippen LogP contribution in [-0.4, -0.2) is 22.5 Å². The summed E-state index contributed by atoms with van der Waals surface area (Å²) < 4.78 is 7.62. The van der Waals surface area contributed by atoms with Crippen LogP contribution in [0, 0.1) is 5.92 Å². The van der Waals surface area contributed by atoms with Crippen LogP contribution in [0.15, 0.2) is 18.2 Å². The van der Waals surface area contributed by atoms with Gasteiger partial charge in [-0.2, -0.15) is 0 Å². The summed E-state index contributed by atoms with van der Waals surface area (Å²) in [6.45, 7) is 5.51. The normalized spacial score (nSPS) is 11.4. The fraction of sp³-hybridized carbons (Fsp3) is 0.562. The predicted molar refractivity (Wildman–Crippen MR) is 84.8 cm³/mol. The minimum atomic E-state index is 0.602. The summed E-state index contributed by atoms with van der Waals surface area (Å²) in [6, 6.07) is 6.04. The Morgan fingerprint density at radius 2 is 2.15 bits per heavy atom. The average Bonchev–Trinajstić information content (AvgIpc) is 2.76. The van der Waals surface area contributed by atoms with E-state index < -0.39 is 0 Å². The first kappa shape index (κ1) is 15.2. The smallest absolute Gasteiger partial charge is 0.121 e. The van der Waals surface area contributed by atoms with E-state index in [0.717, 1.165) is 47.9 Å². The van der Waals surface area contributed by atoms with Crippen LogP contribution in [0.5, 0.6) is 5.75 Å². The van der Waals surface area contributed by atoms with Crippen molar-refractivity contribution in [2.75, 3.05) is 13.0 Å². The van der Waals surface area contributed by atoms with Crippen molar-refractivity contribution in [3.8, 4) is 5.75 Å². The number of benzene rings is 1. The molecule has 4 heteroatoms. The van der Waals surface area contributed by atoms with E-state index in [1.54, 1.807) is 7.11 Å². The van der Waals surface area contributed by atoms with Gasteiger partial charge in [-0.05, 0) is 30.9 Å². The van der Waals surface area contributed by atoms with Gasteiger partial charge in [0.15, 0.2) is 0 Å². The van der Waals surface area contributed by atoms with Crippen molar-refractivity contribution in [1.82, 2.24) is 9.55 Å². The molecule has 0 amide bonds. The van der Waals surface area contributed by atoms with Gasteiger partial charge in [-0.3, -0.25) is 0 Å². The van der Waals surface area contributed by atoms with Crippen molar-refractivity contribution < 1.29 is 4.74 Å². The zero-order valence-corrected chi connectivity index (χ0v) is 13.3. The number of hydrogen-bond acceptors (Lipinski definition) is 2. The summed E-state index contributed by atoms with van der Waals surface area (Å²) in [5.41, 5.74) is 2.17. The second kappa shape index (κ2) is 6.98.